The van der Waals surface area contributed by atoms with Crippen LogP contribution in [0.5, 0.6) is 0 Å². The number of halogens is 2. The van der Waals surface area contributed by atoms with Crippen molar-refractivity contribution in [1.82, 2.24) is 20.2 Å². The number of benzene rings is 1. The van der Waals surface area contributed by atoms with E-state index in [-0.39, 0.29) is 12.4 Å². The Kier molecular flexibility index (Phi) is 2.74. The second kappa shape index (κ2) is 4.03. The summed E-state index contributed by atoms with van der Waals surface area (Å²) in [6.07, 6.45) is 0. The predicted octanol–water partition coefficient (Wildman–Crippen LogP) is 1.02. The Morgan fingerprint density at radius 1 is 1.47 bits per heavy atom. The third-order valence-electron chi connectivity index (χ3n) is 1.86. The first-order valence-corrected chi connectivity index (χ1v) is 4.94. The lowest BCUT2D eigenvalue weighted by Gasteiger charge is -2.03. The number of hydrogen-bond donors (Lipinski definition) is 1. The smallest absolute Gasteiger partial charge is 0.170 e. The molecule has 0 aliphatic rings. The summed E-state index contributed by atoms with van der Waals surface area (Å²) < 4.78 is 14.8. The fourth-order valence-electron chi connectivity index (χ4n) is 1.15. The van der Waals surface area contributed by atoms with Gasteiger partial charge in [-0.2, -0.15) is 4.68 Å². The second-order valence-electron chi connectivity index (χ2n) is 2.81. The topological polar surface area (TPSA) is 69.6 Å². The predicted molar refractivity (Wildman–Crippen MR) is 54.7 cm³/mol. The van der Waals surface area contributed by atoms with E-state index in [0.29, 0.717) is 16.0 Å². The SMILES string of the molecule is NCc1nnnn1-c1ccc(F)c(Br)c1. The molecular weight excluding hydrogens is 265 g/mol. The molecule has 0 atom stereocenters. The molecule has 0 bridgehead atoms. The van der Waals surface area contributed by atoms with Gasteiger partial charge in [-0.25, -0.2) is 4.39 Å². The van der Waals surface area contributed by atoms with Crippen molar-refractivity contribution in [3.05, 3.63) is 34.3 Å². The van der Waals surface area contributed by atoms with E-state index < -0.39 is 0 Å². The van der Waals surface area contributed by atoms with Crippen LogP contribution in [0.25, 0.3) is 5.69 Å². The summed E-state index contributed by atoms with van der Waals surface area (Å²) in [4.78, 5) is 0. The van der Waals surface area contributed by atoms with Gasteiger partial charge >= 0.3 is 0 Å². The van der Waals surface area contributed by atoms with Gasteiger partial charge < -0.3 is 5.73 Å². The number of aromatic nitrogens is 4. The highest BCUT2D eigenvalue weighted by Gasteiger charge is 2.08. The Labute approximate surface area is 93.2 Å². The van der Waals surface area contributed by atoms with Crippen LogP contribution >= 0.6 is 15.9 Å². The van der Waals surface area contributed by atoms with E-state index in [0.717, 1.165) is 0 Å². The molecule has 0 radical (unpaired) electrons. The summed E-state index contributed by atoms with van der Waals surface area (Å²) in [5.41, 5.74) is 6.11. The lowest BCUT2D eigenvalue weighted by atomic mass is 10.3. The van der Waals surface area contributed by atoms with Crippen molar-refractivity contribution >= 4 is 15.9 Å². The fourth-order valence-corrected chi connectivity index (χ4v) is 1.52. The summed E-state index contributed by atoms with van der Waals surface area (Å²) >= 11 is 3.09. The monoisotopic (exact) mass is 271 g/mol. The van der Waals surface area contributed by atoms with Gasteiger partial charge in [-0.05, 0) is 44.6 Å². The first kappa shape index (κ1) is 10.2. The van der Waals surface area contributed by atoms with E-state index in [2.05, 4.69) is 31.5 Å². The van der Waals surface area contributed by atoms with E-state index in [9.17, 15) is 4.39 Å². The molecule has 5 nitrogen and oxygen atoms in total. The molecule has 7 heteroatoms. The van der Waals surface area contributed by atoms with Gasteiger partial charge in [0.05, 0.1) is 16.7 Å². The van der Waals surface area contributed by atoms with Gasteiger partial charge in [-0.15, -0.1) is 5.10 Å². The minimum Gasteiger partial charge on any atom is -0.324 e. The first-order valence-electron chi connectivity index (χ1n) is 4.15. The van der Waals surface area contributed by atoms with Gasteiger partial charge in [0.25, 0.3) is 0 Å². The van der Waals surface area contributed by atoms with E-state index in [1.807, 2.05) is 0 Å². The van der Waals surface area contributed by atoms with Gasteiger partial charge in [0.2, 0.25) is 0 Å². The largest absolute Gasteiger partial charge is 0.324 e. The molecule has 0 amide bonds. The molecular formula is C8H7BrFN5. The van der Waals surface area contributed by atoms with Crippen molar-refractivity contribution in [2.75, 3.05) is 0 Å². The minimum absolute atomic E-state index is 0.224. The molecule has 78 valence electrons. The standard InChI is InChI=1S/C8H7BrFN5/c9-6-3-5(1-2-7(6)10)15-8(4-11)12-13-14-15/h1-3H,4,11H2. The lowest BCUT2D eigenvalue weighted by Crippen LogP contribution is -2.08. The molecule has 0 saturated carbocycles. The van der Waals surface area contributed by atoms with Gasteiger partial charge in [0.15, 0.2) is 5.82 Å². The van der Waals surface area contributed by atoms with Crippen LogP contribution in [0.15, 0.2) is 22.7 Å². The molecule has 0 unspecified atom stereocenters. The third-order valence-corrected chi connectivity index (χ3v) is 2.47. The summed E-state index contributed by atoms with van der Waals surface area (Å²) in [5, 5.41) is 11.0. The molecule has 2 N–H and O–H groups in total. The molecule has 0 fully saturated rings. The van der Waals surface area contributed by atoms with Crippen LogP contribution in [-0.2, 0) is 6.54 Å². The number of hydrogen-bond acceptors (Lipinski definition) is 4. The normalized spacial score (nSPS) is 10.6. The Morgan fingerprint density at radius 2 is 2.27 bits per heavy atom. The van der Waals surface area contributed by atoms with Crippen molar-refractivity contribution < 1.29 is 4.39 Å². The van der Waals surface area contributed by atoms with Crippen LogP contribution in [0.2, 0.25) is 0 Å². The maximum atomic E-state index is 13.0. The molecule has 15 heavy (non-hydrogen) atoms. The second-order valence-corrected chi connectivity index (χ2v) is 3.66. The Bertz CT molecular complexity index is 484. The van der Waals surface area contributed by atoms with Crippen molar-refractivity contribution in [3.63, 3.8) is 0 Å². The Balaban J connectivity index is 2.50. The number of nitrogens with zero attached hydrogens (tertiary/aromatic N) is 4. The summed E-state index contributed by atoms with van der Waals surface area (Å²) in [7, 11) is 0. The highest BCUT2D eigenvalue weighted by Crippen LogP contribution is 2.19. The lowest BCUT2D eigenvalue weighted by molar-refractivity contribution is 0.619. The molecule has 2 aromatic rings. The molecule has 1 heterocycles. The quantitative estimate of drug-likeness (QED) is 0.886. The van der Waals surface area contributed by atoms with Crippen LogP contribution in [0.1, 0.15) is 5.82 Å². The molecule has 0 saturated heterocycles. The van der Waals surface area contributed by atoms with Crippen molar-refractivity contribution in [2.24, 2.45) is 5.73 Å². The maximum Gasteiger partial charge on any atom is 0.170 e. The molecule has 1 aromatic carbocycles. The Hall–Kier alpha value is -1.34. The molecule has 2 rings (SSSR count). The van der Waals surface area contributed by atoms with Gasteiger partial charge in [-0.1, -0.05) is 0 Å². The van der Waals surface area contributed by atoms with Crippen molar-refractivity contribution in [1.29, 1.82) is 0 Å². The Morgan fingerprint density at radius 3 is 2.93 bits per heavy atom. The number of rotatable bonds is 2. The summed E-state index contributed by atoms with van der Waals surface area (Å²) in [6.45, 7) is 0.224. The number of nitrogens with two attached hydrogens (primary N) is 1. The average molecular weight is 272 g/mol. The molecule has 0 spiro atoms. The minimum atomic E-state index is -0.332. The van der Waals surface area contributed by atoms with Crippen molar-refractivity contribution in [2.45, 2.75) is 6.54 Å². The molecule has 0 aliphatic heterocycles. The fraction of sp³-hybridized carbons (Fsp3) is 0.125. The van der Waals surface area contributed by atoms with Crippen LogP contribution in [-0.4, -0.2) is 20.2 Å². The van der Waals surface area contributed by atoms with Crippen LogP contribution in [0, 0.1) is 5.82 Å². The van der Waals surface area contributed by atoms with Gasteiger partial charge in [-0.3, -0.25) is 0 Å². The third kappa shape index (κ3) is 1.88. The zero-order valence-corrected chi connectivity index (χ0v) is 9.15. The number of tetrazole rings is 1. The first-order chi connectivity index (χ1) is 7.22. The van der Waals surface area contributed by atoms with Crippen LogP contribution in [0.3, 0.4) is 0 Å². The zero-order valence-electron chi connectivity index (χ0n) is 7.56. The van der Waals surface area contributed by atoms with Crippen LogP contribution in [0.4, 0.5) is 4.39 Å². The van der Waals surface area contributed by atoms with E-state index >= 15 is 0 Å². The van der Waals surface area contributed by atoms with Gasteiger partial charge in [0, 0.05) is 0 Å². The summed E-state index contributed by atoms with van der Waals surface area (Å²) in [5.74, 6) is 0.189. The molecule has 0 aliphatic carbocycles. The van der Waals surface area contributed by atoms with E-state index in [4.69, 9.17) is 5.73 Å². The average Bonchev–Trinajstić information content (AvgIpc) is 2.70. The van der Waals surface area contributed by atoms with Crippen LogP contribution < -0.4 is 5.73 Å². The maximum absolute atomic E-state index is 13.0. The van der Waals surface area contributed by atoms with E-state index in [1.54, 1.807) is 12.1 Å². The summed E-state index contributed by atoms with van der Waals surface area (Å²) in [6, 6.07) is 4.50. The van der Waals surface area contributed by atoms with Gasteiger partial charge in [0.1, 0.15) is 5.82 Å². The highest BCUT2D eigenvalue weighted by atomic mass is 79.9. The van der Waals surface area contributed by atoms with E-state index in [1.165, 1.54) is 10.7 Å². The zero-order chi connectivity index (χ0) is 10.8. The molecule has 1 aromatic heterocycles. The van der Waals surface area contributed by atoms with Crippen molar-refractivity contribution in [3.8, 4) is 5.69 Å². The highest BCUT2D eigenvalue weighted by molar-refractivity contribution is 9.10.